The number of amides is 1. The molecule has 2 aromatic rings. The molecular formula is C19H17ClN2O7. The molecule has 0 saturated heterocycles. The van der Waals surface area contributed by atoms with Gasteiger partial charge in [-0.3, -0.25) is 4.79 Å². The van der Waals surface area contributed by atoms with Crippen LogP contribution in [0.15, 0.2) is 30.3 Å². The van der Waals surface area contributed by atoms with E-state index in [0.29, 0.717) is 10.7 Å². The molecule has 152 valence electrons. The molecule has 3 rings (SSSR count). The van der Waals surface area contributed by atoms with Gasteiger partial charge in [0.15, 0.2) is 17.2 Å². The lowest BCUT2D eigenvalue weighted by Gasteiger charge is -2.29. The molecule has 1 heterocycles. The number of halogens is 1. The van der Waals surface area contributed by atoms with Gasteiger partial charge in [0.1, 0.15) is 6.54 Å². The summed E-state index contributed by atoms with van der Waals surface area (Å²) < 4.78 is 15.4. The van der Waals surface area contributed by atoms with Crippen LogP contribution in [0.3, 0.4) is 0 Å². The van der Waals surface area contributed by atoms with Crippen molar-refractivity contribution in [1.82, 2.24) is 0 Å². The van der Waals surface area contributed by atoms with Crippen LogP contribution in [0.1, 0.15) is 10.4 Å². The van der Waals surface area contributed by atoms with E-state index in [0.717, 1.165) is 0 Å². The standard InChI is InChI=1S/C19H17ClN2O7/c1-27-15-6-11(19(25)26)12(7-16(15)28-2)21-17(23)8-22-9-18(24)29-14-4-3-10(20)5-13(14)22/h3-7H,8-9H2,1-2H3,(H,21,23)(H,25,26). The van der Waals surface area contributed by atoms with E-state index in [4.69, 9.17) is 25.8 Å². The average Bonchev–Trinajstić information content (AvgIpc) is 2.67. The van der Waals surface area contributed by atoms with Crippen molar-refractivity contribution in [3.8, 4) is 17.2 Å². The minimum Gasteiger partial charge on any atom is -0.493 e. The summed E-state index contributed by atoms with van der Waals surface area (Å²) in [7, 11) is 2.77. The lowest BCUT2D eigenvalue weighted by Crippen LogP contribution is -2.41. The molecule has 0 fully saturated rings. The highest BCUT2D eigenvalue weighted by atomic mass is 35.5. The van der Waals surface area contributed by atoms with E-state index < -0.39 is 17.8 Å². The van der Waals surface area contributed by atoms with Gasteiger partial charge in [-0.25, -0.2) is 9.59 Å². The van der Waals surface area contributed by atoms with Crippen LogP contribution in [0.25, 0.3) is 0 Å². The predicted octanol–water partition coefficient (Wildman–Crippen LogP) is 2.42. The predicted molar refractivity (Wildman–Crippen MR) is 104 cm³/mol. The van der Waals surface area contributed by atoms with Crippen molar-refractivity contribution in [2.75, 3.05) is 37.5 Å². The van der Waals surface area contributed by atoms with E-state index >= 15 is 0 Å². The van der Waals surface area contributed by atoms with Gasteiger partial charge in [-0.1, -0.05) is 11.6 Å². The highest BCUT2D eigenvalue weighted by Gasteiger charge is 2.27. The van der Waals surface area contributed by atoms with Crippen molar-refractivity contribution in [3.63, 3.8) is 0 Å². The number of benzene rings is 2. The van der Waals surface area contributed by atoms with Gasteiger partial charge in [0.25, 0.3) is 0 Å². The zero-order chi connectivity index (χ0) is 21.1. The number of hydrogen-bond acceptors (Lipinski definition) is 7. The number of hydrogen-bond donors (Lipinski definition) is 2. The number of anilines is 2. The lowest BCUT2D eigenvalue weighted by molar-refractivity contribution is -0.133. The van der Waals surface area contributed by atoms with E-state index in [-0.39, 0.29) is 41.6 Å². The first kappa shape index (κ1) is 20.3. The third-order valence-electron chi connectivity index (χ3n) is 4.17. The van der Waals surface area contributed by atoms with Crippen LogP contribution in [-0.4, -0.2) is 50.3 Å². The molecule has 2 aromatic carbocycles. The molecule has 0 spiro atoms. The smallest absolute Gasteiger partial charge is 0.337 e. The number of carbonyl (C=O) groups is 3. The van der Waals surface area contributed by atoms with Crippen LogP contribution in [0.5, 0.6) is 17.2 Å². The maximum atomic E-state index is 12.6. The molecule has 0 unspecified atom stereocenters. The summed E-state index contributed by atoms with van der Waals surface area (Å²) in [5, 5.41) is 12.4. The Kier molecular flexibility index (Phi) is 5.79. The molecule has 1 amide bonds. The fourth-order valence-corrected chi connectivity index (χ4v) is 3.05. The summed E-state index contributed by atoms with van der Waals surface area (Å²) >= 11 is 6.00. The Morgan fingerprint density at radius 1 is 1.21 bits per heavy atom. The van der Waals surface area contributed by atoms with E-state index in [1.807, 2.05) is 0 Å². The summed E-state index contributed by atoms with van der Waals surface area (Å²) in [5.74, 6) is -1.56. The molecule has 0 radical (unpaired) electrons. The van der Waals surface area contributed by atoms with Crippen LogP contribution < -0.4 is 24.4 Å². The van der Waals surface area contributed by atoms with E-state index in [9.17, 15) is 19.5 Å². The highest BCUT2D eigenvalue weighted by molar-refractivity contribution is 6.31. The third kappa shape index (κ3) is 4.35. The van der Waals surface area contributed by atoms with Crippen LogP contribution in [0.4, 0.5) is 11.4 Å². The molecule has 0 atom stereocenters. The van der Waals surface area contributed by atoms with Gasteiger partial charge in [0, 0.05) is 17.2 Å². The van der Waals surface area contributed by atoms with Crippen LogP contribution in [-0.2, 0) is 9.59 Å². The Balaban J connectivity index is 1.86. The van der Waals surface area contributed by atoms with Gasteiger partial charge in [-0.2, -0.15) is 0 Å². The molecular weight excluding hydrogens is 404 g/mol. The summed E-state index contributed by atoms with van der Waals surface area (Å²) in [5.41, 5.74) is 0.349. The van der Waals surface area contributed by atoms with Crippen molar-refractivity contribution >= 4 is 40.8 Å². The molecule has 2 N–H and O–H groups in total. The average molecular weight is 421 g/mol. The zero-order valence-corrected chi connectivity index (χ0v) is 16.3. The Morgan fingerprint density at radius 3 is 2.55 bits per heavy atom. The molecule has 1 aliphatic rings. The molecule has 0 aromatic heterocycles. The number of methoxy groups -OCH3 is 2. The number of ether oxygens (including phenoxy) is 3. The van der Waals surface area contributed by atoms with Gasteiger partial charge in [0.05, 0.1) is 37.7 Å². The molecule has 29 heavy (non-hydrogen) atoms. The first-order valence-corrected chi connectivity index (χ1v) is 8.74. The Hall–Kier alpha value is -3.46. The number of nitrogens with zero attached hydrogens (tertiary/aromatic N) is 1. The molecule has 9 nitrogen and oxygen atoms in total. The Labute approximate surface area is 170 Å². The summed E-state index contributed by atoms with van der Waals surface area (Å²) in [6, 6.07) is 7.30. The number of carboxylic acids is 1. The molecule has 0 saturated carbocycles. The van der Waals surface area contributed by atoms with Crippen molar-refractivity contribution in [2.45, 2.75) is 0 Å². The molecule has 10 heteroatoms. The molecule has 0 bridgehead atoms. The number of fused-ring (bicyclic) bond motifs is 1. The highest BCUT2D eigenvalue weighted by Crippen LogP contribution is 2.35. The first-order valence-electron chi connectivity index (χ1n) is 8.36. The molecule has 1 aliphatic heterocycles. The zero-order valence-electron chi connectivity index (χ0n) is 15.5. The van der Waals surface area contributed by atoms with Crippen molar-refractivity contribution in [3.05, 3.63) is 40.9 Å². The quantitative estimate of drug-likeness (QED) is 0.541. The summed E-state index contributed by atoms with van der Waals surface area (Å²) in [4.78, 5) is 37.5. The normalized spacial score (nSPS) is 12.7. The maximum absolute atomic E-state index is 12.6. The van der Waals surface area contributed by atoms with Gasteiger partial charge >= 0.3 is 11.9 Å². The number of rotatable bonds is 6. The minimum atomic E-state index is -1.25. The summed E-state index contributed by atoms with van der Waals surface area (Å²) in [6.07, 6.45) is 0. The largest absolute Gasteiger partial charge is 0.493 e. The lowest BCUT2D eigenvalue weighted by atomic mass is 10.1. The second-order valence-electron chi connectivity index (χ2n) is 6.05. The first-order chi connectivity index (χ1) is 13.8. The second-order valence-corrected chi connectivity index (χ2v) is 6.48. The van der Waals surface area contributed by atoms with Gasteiger partial charge < -0.3 is 29.5 Å². The number of nitrogens with one attached hydrogen (secondary N) is 1. The van der Waals surface area contributed by atoms with Crippen molar-refractivity contribution in [2.24, 2.45) is 0 Å². The Bertz CT molecular complexity index is 993. The fraction of sp³-hybridized carbons (Fsp3) is 0.211. The fourth-order valence-electron chi connectivity index (χ4n) is 2.88. The van der Waals surface area contributed by atoms with Crippen molar-refractivity contribution < 1.29 is 33.7 Å². The van der Waals surface area contributed by atoms with Crippen molar-refractivity contribution in [1.29, 1.82) is 0 Å². The van der Waals surface area contributed by atoms with Crippen LogP contribution in [0.2, 0.25) is 5.02 Å². The second kappa shape index (κ2) is 8.27. The SMILES string of the molecule is COc1cc(NC(=O)CN2CC(=O)Oc3ccc(Cl)cc32)c(C(=O)O)cc1OC. The topological polar surface area (TPSA) is 114 Å². The van der Waals surface area contributed by atoms with E-state index in [1.54, 1.807) is 12.1 Å². The van der Waals surface area contributed by atoms with Gasteiger partial charge in [-0.15, -0.1) is 0 Å². The molecule has 0 aliphatic carbocycles. The Morgan fingerprint density at radius 2 is 1.90 bits per heavy atom. The summed E-state index contributed by atoms with van der Waals surface area (Å²) in [6.45, 7) is -0.381. The van der Waals surface area contributed by atoms with Crippen LogP contribution >= 0.6 is 11.6 Å². The number of carbonyl (C=O) groups excluding carboxylic acids is 2. The minimum absolute atomic E-state index is 0.0334. The van der Waals surface area contributed by atoms with Gasteiger partial charge in [0.2, 0.25) is 5.91 Å². The van der Waals surface area contributed by atoms with E-state index in [1.165, 1.54) is 37.3 Å². The van der Waals surface area contributed by atoms with Gasteiger partial charge in [-0.05, 0) is 18.2 Å². The monoisotopic (exact) mass is 420 g/mol. The number of esters is 1. The number of aromatic carboxylic acids is 1. The van der Waals surface area contributed by atoms with Crippen LogP contribution in [0, 0.1) is 0 Å². The maximum Gasteiger partial charge on any atom is 0.337 e. The number of carboxylic acid groups (broad SMARTS) is 1. The van der Waals surface area contributed by atoms with E-state index in [2.05, 4.69) is 5.32 Å². The third-order valence-corrected chi connectivity index (χ3v) is 4.40.